The van der Waals surface area contributed by atoms with Crippen molar-refractivity contribution >= 4 is 23.2 Å². The molecule has 2 rings (SSSR count). The van der Waals surface area contributed by atoms with Gasteiger partial charge in [0.05, 0.1) is 16.1 Å². The molecule has 2 aromatic rings. The number of rotatable bonds is 4. The van der Waals surface area contributed by atoms with Crippen molar-refractivity contribution in [2.75, 3.05) is 0 Å². The zero-order chi connectivity index (χ0) is 13.0. The standard InChI is InChI=1S/C14H14Cl2N2/c15-12-7-6-11(9-13(12)16)14(18-17)8-10-4-2-1-3-5-10/h1-7,9,14,18H,8,17H2. The molecule has 0 saturated heterocycles. The fourth-order valence-electron chi connectivity index (χ4n) is 1.85. The lowest BCUT2D eigenvalue weighted by Gasteiger charge is -2.17. The molecular weight excluding hydrogens is 267 g/mol. The Balaban J connectivity index is 2.20. The molecule has 0 aliphatic heterocycles. The SMILES string of the molecule is NNC(Cc1ccccc1)c1ccc(Cl)c(Cl)c1. The second-order valence-corrected chi connectivity index (χ2v) is 4.90. The molecule has 0 aromatic heterocycles. The van der Waals surface area contributed by atoms with Gasteiger partial charge >= 0.3 is 0 Å². The van der Waals surface area contributed by atoms with Crippen molar-refractivity contribution in [3.05, 3.63) is 69.7 Å². The summed E-state index contributed by atoms with van der Waals surface area (Å²) in [5.74, 6) is 5.61. The minimum atomic E-state index is 0.0159. The first kappa shape index (κ1) is 13.4. The third-order valence-electron chi connectivity index (χ3n) is 2.83. The Hall–Kier alpha value is -1.06. The first-order valence-corrected chi connectivity index (χ1v) is 6.41. The lowest BCUT2D eigenvalue weighted by molar-refractivity contribution is 0.552. The fourth-order valence-corrected chi connectivity index (χ4v) is 2.16. The molecule has 1 unspecified atom stereocenters. The summed E-state index contributed by atoms with van der Waals surface area (Å²) in [6.45, 7) is 0. The number of halogens is 2. The van der Waals surface area contributed by atoms with Gasteiger partial charge in [-0.15, -0.1) is 0 Å². The van der Waals surface area contributed by atoms with Crippen molar-refractivity contribution in [3.8, 4) is 0 Å². The summed E-state index contributed by atoms with van der Waals surface area (Å²) in [4.78, 5) is 0. The Bertz CT molecular complexity index is 514. The predicted octanol–water partition coefficient (Wildman–Crippen LogP) is 3.74. The molecule has 2 nitrogen and oxygen atoms in total. The van der Waals surface area contributed by atoms with Crippen LogP contribution in [-0.2, 0) is 6.42 Å². The number of nitrogens with one attached hydrogen (secondary N) is 1. The molecule has 0 aliphatic carbocycles. The van der Waals surface area contributed by atoms with Crippen LogP contribution in [0.2, 0.25) is 10.0 Å². The smallest absolute Gasteiger partial charge is 0.0595 e. The van der Waals surface area contributed by atoms with Gasteiger partial charge in [-0.05, 0) is 29.7 Å². The quantitative estimate of drug-likeness (QED) is 0.661. The molecule has 0 spiro atoms. The Morgan fingerprint density at radius 2 is 1.72 bits per heavy atom. The summed E-state index contributed by atoms with van der Waals surface area (Å²) in [6, 6.07) is 15.7. The van der Waals surface area contributed by atoms with Crippen LogP contribution in [0.15, 0.2) is 48.5 Å². The van der Waals surface area contributed by atoms with Gasteiger partial charge < -0.3 is 0 Å². The molecule has 1 atom stereocenters. The van der Waals surface area contributed by atoms with Crippen LogP contribution in [-0.4, -0.2) is 0 Å². The molecule has 0 bridgehead atoms. The highest BCUT2D eigenvalue weighted by atomic mass is 35.5. The molecule has 0 saturated carbocycles. The lowest BCUT2D eigenvalue weighted by Crippen LogP contribution is -2.29. The summed E-state index contributed by atoms with van der Waals surface area (Å²) >= 11 is 11.9. The van der Waals surface area contributed by atoms with Gasteiger partial charge in [0.1, 0.15) is 0 Å². The van der Waals surface area contributed by atoms with Gasteiger partial charge in [0, 0.05) is 0 Å². The summed E-state index contributed by atoms with van der Waals surface area (Å²) < 4.78 is 0. The second-order valence-electron chi connectivity index (χ2n) is 4.08. The van der Waals surface area contributed by atoms with E-state index in [9.17, 15) is 0 Å². The first-order valence-electron chi connectivity index (χ1n) is 5.65. The van der Waals surface area contributed by atoms with Crippen LogP contribution in [0, 0.1) is 0 Å². The summed E-state index contributed by atoms with van der Waals surface area (Å²) in [6.07, 6.45) is 0.801. The normalized spacial score (nSPS) is 12.4. The average Bonchev–Trinajstić information content (AvgIpc) is 2.40. The Labute approximate surface area is 117 Å². The van der Waals surface area contributed by atoms with Gasteiger partial charge in [0.2, 0.25) is 0 Å². The van der Waals surface area contributed by atoms with E-state index >= 15 is 0 Å². The van der Waals surface area contributed by atoms with E-state index in [1.54, 1.807) is 6.07 Å². The third-order valence-corrected chi connectivity index (χ3v) is 3.57. The molecule has 0 aliphatic rings. The second kappa shape index (κ2) is 6.21. The van der Waals surface area contributed by atoms with E-state index < -0.39 is 0 Å². The Kier molecular flexibility index (Phi) is 4.61. The topological polar surface area (TPSA) is 38.0 Å². The average molecular weight is 281 g/mol. The van der Waals surface area contributed by atoms with Gasteiger partial charge in [-0.3, -0.25) is 11.3 Å². The minimum Gasteiger partial charge on any atom is -0.271 e. The molecule has 4 heteroatoms. The number of benzene rings is 2. The Morgan fingerprint density at radius 1 is 1.00 bits per heavy atom. The molecule has 0 heterocycles. The van der Waals surface area contributed by atoms with Gasteiger partial charge in [-0.25, -0.2) is 0 Å². The number of hydrogen-bond donors (Lipinski definition) is 2. The van der Waals surface area contributed by atoms with Gasteiger partial charge in [0.25, 0.3) is 0 Å². The van der Waals surface area contributed by atoms with E-state index in [1.165, 1.54) is 5.56 Å². The van der Waals surface area contributed by atoms with Crippen molar-refractivity contribution in [1.82, 2.24) is 5.43 Å². The highest BCUT2D eigenvalue weighted by Crippen LogP contribution is 2.26. The van der Waals surface area contributed by atoms with E-state index in [4.69, 9.17) is 29.0 Å². The van der Waals surface area contributed by atoms with Gasteiger partial charge in [-0.2, -0.15) is 0 Å². The van der Waals surface area contributed by atoms with Crippen molar-refractivity contribution in [2.45, 2.75) is 12.5 Å². The van der Waals surface area contributed by atoms with Crippen molar-refractivity contribution < 1.29 is 0 Å². The molecule has 94 valence electrons. The maximum Gasteiger partial charge on any atom is 0.0595 e. The Morgan fingerprint density at radius 3 is 2.33 bits per heavy atom. The van der Waals surface area contributed by atoms with Crippen LogP contribution < -0.4 is 11.3 Å². The van der Waals surface area contributed by atoms with Crippen LogP contribution >= 0.6 is 23.2 Å². The predicted molar refractivity (Wildman–Crippen MR) is 76.7 cm³/mol. The number of nitrogens with two attached hydrogens (primary N) is 1. The molecule has 0 amide bonds. The van der Waals surface area contributed by atoms with E-state index in [-0.39, 0.29) is 6.04 Å². The monoisotopic (exact) mass is 280 g/mol. The molecule has 3 N–H and O–H groups in total. The van der Waals surface area contributed by atoms with Gasteiger partial charge in [-0.1, -0.05) is 59.6 Å². The first-order chi connectivity index (χ1) is 8.70. The van der Waals surface area contributed by atoms with E-state index in [1.807, 2.05) is 30.3 Å². The zero-order valence-corrected chi connectivity index (χ0v) is 11.2. The molecule has 2 aromatic carbocycles. The lowest BCUT2D eigenvalue weighted by atomic mass is 9.99. The fraction of sp³-hybridized carbons (Fsp3) is 0.143. The van der Waals surface area contributed by atoms with Crippen LogP contribution in [0.3, 0.4) is 0 Å². The summed E-state index contributed by atoms with van der Waals surface area (Å²) in [5, 5.41) is 1.10. The van der Waals surface area contributed by atoms with E-state index in [0.29, 0.717) is 10.0 Å². The van der Waals surface area contributed by atoms with Crippen LogP contribution in [0.25, 0.3) is 0 Å². The maximum absolute atomic E-state index is 6.02. The van der Waals surface area contributed by atoms with Crippen molar-refractivity contribution in [3.63, 3.8) is 0 Å². The molecule has 0 fully saturated rings. The van der Waals surface area contributed by atoms with Gasteiger partial charge in [0.15, 0.2) is 0 Å². The van der Waals surface area contributed by atoms with Crippen LogP contribution in [0.1, 0.15) is 17.2 Å². The van der Waals surface area contributed by atoms with Crippen LogP contribution in [0.5, 0.6) is 0 Å². The minimum absolute atomic E-state index is 0.0159. The highest BCUT2D eigenvalue weighted by Gasteiger charge is 2.11. The van der Waals surface area contributed by atoms with E-state index in [2.05, 4.69) is 17.6 Å². The number of hydrazine groups is 1. The number of hydrogen-bond acceptors (Lipinski definition) is 2. The molecule has 18 heavy (non-hydrogen) atoms. The van der Waals surface area contributed by atoms with E-state index in [0.717, 1.165) is 12.0 Å². The molecule has 0 radical (unpaired) electrons. The third kappa shape index (κ3) is 3.24. The zero-order valence-electron chi connectivity index (χ0n) is 9.74. The van der Waals surface area contributed by atoms with Crippen molar-refractivity contribution in [1.29, 1.82) is 0 Å². The summed E-state index contributed by atoms with van der Waals surface area (Å²) in [7, 11) is 0. The summed E-state index contributed by atoms with van der Waals surface area (Å²) in [5.41, 5.74) is 5.05. The maximum atomic E-state index is 6.02. The largest absolute Gasteiger partial charge is 0.271 e. The van der Waals surface area contributed by atoms with Crippen LogP contribution in [0.4, 0.5) is 0 Å². The molecular formula is C14H14Cl2N2. The highest BCUT2D eigenvalue weighted by molar-refractivity contribution is 6.42. The van der Waals surface area contributed by atoms with Crippen molar-refractivity contribution in [2.24, 2.45) is 5.84 Å².